The Morgan fingerprint density at radius 2 is 2.00 bits per heavy atom. The fourth-order valence-corrected chi connectivity index (χ4v) is 1.55. The van der Waals surface area contributed by atoms with Gasteiger partial charge in [-0.25, -0.2) is 0 Å². The number of hydrogen-bond acceptors (Lipinski definition) is 4. The fourth-order valence-electron chi connectivity index (χ4n) is 1.55. The third-order valence-electron chi connectivity index (χ3n) is 2.26. The highest BCUT2D eigenvalue weighted by Gasteiger charge is 2.27. The lowest BCUT2D eigenvalue weighted by Gasteiger charge is -2.23. The highest BCUT2D eigenvalue weighted by atomic mass is 16.5. The van der Waals surface area contributed by atoms with E-state index in [2.05, 4.69) is 0 Å². The van der Waals surface area contributed by atoms with E-state index in [-0.39, 0.29) is 38.3 Å². The Hall–Kier alpha value is -0.650. The van der Waals surface area contributed by atoms with Gasteiger partial charge in [-0.15, -0.1) is 0 Å². The first kappa shape index (κ1) is 11.4. The molecule has 1 amide bonds. The van der Waals surface area contributed by atoms with Crippen LogP contribution in [0.5, 0.6) is 0 Å². The Bertz CT molecular complexity index is 174. The predicted octanol–water partition coefficient (Wildman–Crippen LogP) is -1.02. The highest BCUT2D eigenvalue weighted by Crippen LogP contribution is 2.14. The largest absolute Gasteiger partial charge is 0.395 e. The maximum Gasteiger partial charge on any atom is 0.251 e. The molecule has 0 radical (unpaired) electrons. The summed E-state index contributed by atoms with van der Waals surface area (Å²) in [6.07, 6.45) is 1.28. The Morgan fingerprint density at radius 1 is 1.36 bits per heavy atom. The molecule has 14 heavy (non-hydrogen) atoms. The van der Waals surface area contributed by atoms with Crippen LogP contribution in [0.3, 0.4) is 0 Å². The topological polar surface area (TPSA) is 70.0 Å². The Balaban J connectivity index is 2.43. The Morgan fingerprint density at radius 3 is 2.43 bits per heavy atom. The number of nitrogens with zero attached hydrogens (tertiary/aromatic N) is 1. The molecule has 2 N–H and O–H groups in total. The molecule has 0 saturated carbocycles. The molecule has 1 rings (SSSR count). The van der Waals surface area contributed by atoms with Crippen LogP contribution in [0, 0.1) is 0 Å². The Kier molecular flexibility index (Phi) is 4.86. The van der Waals surface area contributed by atoms with E-state index in [4.69, 9.17) is 14.9 Å². The minimum Gasteiger partial charge on any atom is -0.395 e. The van der Waals surface area contributed by atoms with E-state index in [9.17, 15) is 4.79 Å². The van der Waals surface area contributed by atoms with Crippen molar-refractivity contribution in [2.24, 2.45) is 0 Å². The van der Waals surface area contributed by atoms with Gasteiger partial charge >= 0.3 is 0 Å². The van der Waals surface area contributed by atoms with Gasteiger partial charge in [-0.2, -0.15) is 0 Å². The number of hydrogen-bond donors (Lipinski definition) is 2. The van der Waals surface area contributed by atoms with Gasteiger partial charge in [-0.1, -0.05) is 0 Å². The second-order valence-electron chi connectivity index (χ2n) is 3.27. The lowest BCUT2D eigenvalue weighted by Crippen LogP contribution is -2.42. The minimum absolute atomic E-state index is 0.0849. The van der Waals surface area contributed by atoms with Gasteiger partial charge in [-0.05, 0) is 12.8 Å². The van der Waals surface area contributed by atoms with Crippen molar-refractivity contribution in [2.45, 2.75) is 18.9 Å². The molecular weight excluding hydrogens is 186 g/mol. The summed E-state index contributed by atoms with van der Waals surface area (Å²) in [6, 6.07) is 0. The molecule has 0 aromatic carbocycles. The normalized spacial score (nSPS) is 21.1. The molecule has 0 bridgehead atoms. The van der Waals surface area contributed by atoms with Crippen molar-refractivity contribution >= 4 is 5.91 Å². The maximum atomic E-state index is 11.7. The van der Waals surface area contributed by atoms with E-state index < -0.39 is 0 Å². The second kappa shape index (κ2) is 5.95. The van der Waals surface area contributed by atoms with E-state index >= 15 is 0 Å². The van der Waals surface area contributed by atoms with Gasteiger partial charge in [0.15, 0.2) is 0 Å². The van der Waals surface area contributed by atoms with Crippen molar-refractivity contribution in [3.63, 3.8) is 0 Å². The number of carbonyl (C=O) groups excluding carboxylic acids is 1. The second-order valence-corrected chi connectivity index (χ2v) is 3.27. The molecule has 0 aromatic heterocycles. The number of aliphatic hydroxyl groups excluding tert-OH is 2. The van der Waals surface area contributed by atoms with Gasteiger partial charge in [0, 0.05) is 19.7 Å². The molecule has 1 aliphatic rings. The molecule has 5 heteroatoms. The summed E-state index contributed by atoms with van der Waals surface area (Å²) in [5.74, 6) is -0.120. The van der Waals surface area contributed by atoms with Crippen LogP contribution in [-0.2, 0) is 9.53 Å². The third-order valence-corrected chi connectivity index (χ3v) is 2.26. The average molecular weight is 203 g/mol. The van der Waals surface area contributed by atoms with E-state index in [1.807, 2.05) is 0 Å². The minimum atomic E-state index is -0.368. The summed E-state index contributed by atoms with van der Waals surface area (Å²) in [7, 11) is 0. The van der Waals surface area contributed by atoms with Crippen LogP contribution < -0.4 is 0 Å². The summed E-state index contributed by atoms with van der Waals surface area (Å²) in [5, 5.41) is 17.5. The standard InChI is InChI=1S/C9H17NO4/c11-5-3-10(4-6-12)9(13)8-2-1-7-14-8/h8,11-12H,1-7H2/t8-/m0/s1. The van der Waals surface area contributed by atoms with E-state index in [1.165, 1.54) is 4.90 Å². The van der Waals surface area contributed by atoms with Crippen molar-refractivity contribution in [1.29, 1.82) is 0 Å². The van der Waals surface area contributed by atoms with Crippen LogP contribution >= 0.6 is 0 Å². The molecule has 1 heterocycles. The summed E-state index contributed by atoms with van der Waals surface area (Å²) >= 11 is 0. The van der Waals surface area contributed by atoms with Crippen molar-refractivity contribution in [3.8, 4) is 0 Å². The maximum absolute atomic E-state index is 11.7. The Labute approximate surface area is 83.3 Å². The number of amides is 1. The van der Waals surface area contributed by atoms with Crippen LogP contribution in [0.2, 0.25) is 0 Å². The summed E-state index contributed by atoms with van der Waals surface area (Å²) in [6.45, 7) is 0.984. The van der Waals surface area contributed by atoms with Crippen molar-refractivity contribution in [3.05, 3.63) is 0 Å². The molecule has 82 valence electrons. The van der Waals surface area contributed by atoms with Crippen LogP contribution in [0.4, 0.5) is 0 Å². The van der Waals surface area contributed by atoms with Gasteiger partial charge in [0.25, 0.3) is 5.91 Å². The van der Waals surface area contributed by atoms with E-state index in [0.717, 1.165) is 12.8 Å². The molecular formula is C9H17NO4. The zero-order chi connectivity index (χ0) is 10.4. The van der Waals surface area contributed by atoms with Crippen LogP contribution in [-0.4, -0.2) is 60.0 Å². The molecule has 0 aliphatic carbocycles. The monoisotopic (exact) mass is 203 g/mol. The zero-order valence-corrected chi connectivity index (χ0v) is 8.19. The van der Waals surface area contributed by atoms with Gasteiger partial charge in [0.1, 0.15) is 6.10 Å². The lowest BCUT2D eigenvalue weighted by atomic mass is 10.2. The molecule has 0 aromatic rings. The van der Waals surface area contributed by atoms with E-state index in [1.54, 1.807) is 0 Å². The first-order valence-corrected chi connectivity index (χ1v) is 4.91. The van der Waals surface area contributed by atoms with Gasteiger partial charge in [0.2, 0.25) is 0 Å². The van der Waals surface area contributed by atoms with Crippen LogP contribution in [0.1, 0.15) is 12.8 Å². The third kappa shape index (κ3) is 2.94. The predicted molar refractivity (Wildman–Crippen MR) is 49.7 cm³/mol. The zero-order valence-electron chi connectivity index (χ0n) is 8.19. The van der Waals surface area contributed by atoms with Crippen molar-refractivity contribution < 1.29 is 19.7 Å². The fraction of sp³-hybridized carbons (Fsp3) is 0.889. The van der Waals surface area contributed by atoms with Gasteiger partial charge < -0.3 is 19.8 Å². The van der Waals surface area contributed by atoms with Crippen LogP contribution in [0.25, 0.3) is 0 Å². The lowest BCUT2D eigenvalue weighted by molar-refractivity contribution is -0.141. The highest BCUT2D eigenvalue weighted by molar-refractivity contribution is 5.81. The smallest absolute Gasteiger partial charge is 0.251 e. The average Bonchev–Trinajstić information content (AvgIpc) is 2.69. The summed E-state index contributed by atoms with van der Waals surface area (Å²) < 4.78 is 5.23. The van der Waals surface area contributed by atoms with Gasteiger partial charge in [-0.3, -0.25) is 4.79 Å². The SMILES string of the molecule is O=C([C@@H]1CCCO1)N(CCO)CCO. The molecule has 0 unspecified atom stereocenters. The number of rotatable bonds is 5. The molecule has 1 saturated heterocycles. The van der Waals surface area contributed by atoms with Gasteiger partial charge in [0.05, 0.1) is 13.2 Å². The quantitative estimate of drug-likeness (QED) is 0.600. The van der Waals surface area contributed by atoms with E-state index in [0.29, 0.717) is 6.61 Å². The van der Waals surface area contributed by atoms with Crippen molar-refractivity contribution in [1.82, 2.24) is 4.90 Å². The van der Waals surface area contributed by atoms with Crippen molar-refractivity contribution in [2.75, 3.05) is 32.9 Å². The summed E-state index contributed by atoms with van der Waals surface area (Å²) in [4.78, 5) is 13.1. The summed E-state index contributed by atoms with van der Waals surface area (Å²) in [5.41, 5.74) is 0. The van der Waals surface area contributed by atoms with Crippen LogP contribution in [0.15, 0.2) is 0 Å². The molecule has 5 nitrogen and oxygen atoms in total. The molecule has 1 fully saturated rings. The number of carbonyl (C=O) groups is 1. The molecule has 0 spiro atoms. The molecule has 1 aliphatic heterocycles. The number of ether oxygens (including phenoxy) is 1. The molecule has 1 atom stereocenters. The first-order chi connectivity index (χ1) is 6.79. The number of aliphatic hydroxyl groups is 2. The first-order valence-electron chi connectivity index (χ1n) is 4.91.